The van der Waals surface area contributed by atoms with Crippen molar-refractivity contribution < 1.29 is 9.00 Å². The molecule has 0 saturated heterocycles. The minimum atomic E-state index is -1.62. The van der Waals surface area contributed by atoms with Gasteiger partial charge in [0, 0.05) is 4.90 Å². The van der Waals surface area contributed by atoms with E-state index in [0.29, 0.717) is 4.90 Å². The zero-order chi connectivity index (χ0) is 18.4. The molecule has 0 spiro atoms. The summed E-state index contributed by atoms with van der Waals surface area (Å²) >= 11 is 6.24. The number of rotatable bonds is 6. The van der Waals surface area contributed by atoms with Crippen LogP contribution in [0.25, 0.3) is 5.57 Å². The monoisotopic (exact) mass is 380 g/mol. The van der Waals surface area contributed by atoms with Crippen molar-refractivity contribution >= 4 is 33.8 Å². The minimum absolute atomic E-state index is 0.378. The zero-order valence-corrected chi connectivity index (χ0v) is 15.5. The molecule has 0 aliphatic carbocycles. The van der Waals surface area contributed by atoms with Crippen LogP contribution in [-0.2, 0) is 15.6 Å². The average molecular weight is 381 g/mol. The van der Waals surface area contributed by atoms with Crippen molar-refractivity contribution in [2.45, 2.75) is 9.60 Å². The molecular formula is C22H17ClO2S. The largest absolute Gasteiger partial charge is 0.292 e. The molecule has 0 amide bonds. The topological polar surface area (TPSA) is 34.1 Å². The lowest BCUT2D eigenvalue weighted by Gasteiger charge is -2.11. The van der Waals surface area contributed by atoms with E-state index < -0.39 is 15.5 Å². The molecule has 3 aromatic carbocycles. The Hall–Kier alpha value is -2.49. The lowest BCUT2D eigenvalue weighted by atomic mass is 9.97. The lowest BCUT2D eigenvalue weighted by Crippen LogP contribution is -2.18. The van der Waals surface area contributed by atoms with Crippen molar-refractivity contribution in [3.8, 4) is 0 Å². The van der Waals surface area contributed by atoms with Gasteiger partial charge in [-0.05, 0) is 34.9 Å². The summed E-state index contributed by atoms with van der Waals surface area (Å²) < 4.78 is 11.4. The molecule has 26 heavy (non-hydrogen) atoms. The van der Waals surface area contributed by atoms with Gasteiger partial charge in [0.05, 0.1) is 10.8 Å². The van der Waals surface area contributed by atoms with Gasteiger partial charge >= 0.3 is 0 Å². The number of halogens is 1. The highest BCUT2D eigenvalue weighted by atomic mass is 35.5. The Labute approximate surface area is 160 Å². The number of carbonyl (C=O) groups is 1. The molecule has 130 valence electrons. The number of carbonyl (C=O) groups excluding carboxylic acids is 1. The van der Waals surface area contributed by atoms with E-state index >= 15 is 0 Å². The molecule has 0 N–H and O–H groups in total. The lowest BCUT2D eigenvalue weighted by molar-refractivity contribution is -0.113. The molecule has 2 unspecified atom stereocenters. The number of alkyl halides is 1. The first kappa shape index (κ1) is 18.3. The molecule has 3 aromatic rings. The molecule has 0 aliphatic rings. The predicted molar refractivity (Wildman–Crippen MR) is 107 cm³/mol. The maximum Gasteiger partial charge on any atom is 0.187 e. The summed E-state index contributed by atoms with van der Waals surface area (Å²) in [6.07, 6.45) is 1.49. The number of hydrogen-bond acceptors (Lipinski definition) is 2. The van der Waals surface area contributed by atoms with Gasteiger partial charge in [0.15, 0.2) is 10.5 Å². The molecule has 2 atom stereocenters. The van der Waals surface area contributed by atoms with Crippen molar-refractivity contribution in [1.82, 2.24) is 0 Å². The molecule has 0 fully saturated rings. The Morgan fingerprint density at radius 2 is 1.19 bits per heavy atom. The number of hydrogen-bond donors (Lipinski definition) is 0. The number of benzene rings is 3. The Kier molecular flexibility index (Phi) is 6.16. The standard InChI is InChI=1S/C22H17ClO2S/c23-22(26(25)19-14-8-3-9-15-19)21(24)16-20(17-10-4-1-5-11-17)18-12-6-2-7-13-18/h1-16,22H. The third-order valence-electron chi connectivity index (χ3n) is 3.84. The molecule has 0 saturated carbocycles. The Morgan fingerprint density at radius 3 is 1.65 bits per heavy atom. The molecular weight excluding hydrogens is 364 g/mol. The van der Waals surface area contributed by atoms with Crippen molar-refractivity contribution in [2.75, 3.05) is 0 Å². The molecule has 3 rings (SSSR count). The second-order valence-corrected chi connectivity index (χ2v) is 7.85. The summed E-state index contributed by atoms with van der Waals surface area (Å²) in [5.74, 6) is -0.378. The highest BCUT2D eigenvalue weighted by Crippen LogP contribution is 2.25. The first-order valence-electron chi connectivity index (χ1n) is 8.13. The van der Waals surface area contributed by atoms with Gasteiger partial charge < -0.3 is 0 Å². The van der Waals surface area contributed by atoms with Gasteiger partial charge in [-0.1, -0.05) is 90.5 Å². The maximum absolute atomic E-state index is 12.7. The highest BCUT2D eigenvalue weighted by Gasteiger charge is 2.23. The Bertz CT molecular complexity index is 881. The normalized spacial score (nSPS) is 12.8. The van der Waals surface area contributed by atoms with E-state index in [1.54, 1.807) is 24.3 Å². The molecule has 0 bridgehead atoms. The molecule has 0 aromatic heterocycles. The van der Waals surface area contributed by atoms with Gasteiger partial charge in [0.1, 0.15) is 0 Å². The van der Waals surface area contributed by atoms with Gasteiger partial charge in [0.25, 0.3) is 0 Å². The van der Waals surface area contributed by atoms with Crippen molar-refractivity contribution in [3.05, 3.63) is 108 Å². The van der Waals surface area contributed by atoms with Crippen LogP contribution in [0, 0.1) is 0 Å². The van der Waals surface area contributed by atoms with Crippen LogP contribution in [0.5, 0.6) is 0 Å². The SMILES string of the molecule is O=C(C=C(c1ccccc1)c1ccccc1)C(Cl)S(=O)c1ccccc1. The van der Waals surface area contributed by atoms with E-state index in [0.717, 1.165) is 16.7 Å². The van der Waals surface area contributed by atoms with Crippen LogP contribution < -0.4 is 0 Å². The molecule has 0 radical (unpaired) electrons. The van der Waals surface area contributed by atoms with Crippen LogP contribution in [0.3, 0.4) is 0 Å². The first-order chi connectivity index (χ1) is 12.7. The smallest absolute Gasteiger partial charge is 0.187 e. The predicted octanol–water partition coefficient (Wildman–Crippen LogP) is 5.06. The number of ketones is 1. The van der Waals surface area contributed by atoms with E-state index in [4.69, 9.17) is 11.6 Å². The van der Waals surface area contributed by atoms with Crippen molar-refractivity contribution in [1.29, 1.82) is 0 Å². The van der Waals surface area contributed by atoms with Crippen molar-refractivity contribution in [2.24, 2.45) is 0 Å². The summed E-state index contributed by atoms with van der Waals surface area (Å²) in [6, 6.07) is 28.0. The van der Waals surface area contributed by atoms with E-state index in [9.17, 15) is 9.00 Å². The number of allylic oxidation sites excluding steroid dienone is 1. The highest BCUT2D eigenvalue weighted by molar-refractivity contribution is 7.88. The van der Waals surface area contributed by atoms with Gasteiger partial charge in [-0.3, -0.25) is 9.00 Å². The van der Waals surface area contributed by atoms with Gasteiger partial charge in [-0.2, -0.15) is 0 Å². The summed E-state index contributed by atoms with van der Waals surface area (Å²) in [6.45, 7) is 0. The van der Waals surface area contributed by atoms with Crippen LogP contribution in [0.1, 0.15) is 11.1 Å². The van der Waals surface area contributed by atoms with Crippen LogP contribution >= 0.6 is 11.6 Å². The van der Waals surface area contributed by atoms with E-state index in [1.165, 1.54) is 6.08 Å². The molecule has 0 aliphatic heterocycles. The fraction of sp³-hybridized carbons (Fsp3) is 0.0455. The maximum atomic E-state index is 12.7. The second-order valence-electron chi connectivity index (χ2n) is 5.62. The Balaban J connectivity index is 1.95. The van der Waals surface area contributed by atoms with E-state index in [2.05, 4.69) is 0 Å². The molecule has 2 nitrogen and oxygen atoms in total. The van der Waals surface area contributed by atoms with E-state index in [-0.39, 0.29) is 5.78 Å². The summed E-state index contributed by atoms with van der Waals surface area (Å²) in [5.41, 5.74) is 2.56. The van der Waals surface area contributed by atoms with Crippen LogP contribution in [0.2, 0.25) is 0 Å². The van der Waals surface area contributed by atoms with E-state index in [1.807, 2.05) is 66.7 Å². The van der Waals surface area contributed by atoms with Gasteiger partial charge in [-0.15, -0.1) is 0 Å². The fourth-order valence-electron chi connectivity index (χ4n) is 2.56. The fourth-order valence-corrected chi connectivity index (χ4v) is 3.87. The van der Waals surface area contributed by atoms with Gasteiger partial charge in [-0.25, -0.2) is 0 Å². The van der Waals surface area contributed by atoms with Crippen molar-refractivity contribution in [3.63, 3.8) is 0 Å². The minimum Gasteiger partial charge on any atom is -0.292 e. The third kappa shape index (κ3) is 4.37. The van der Waals surface area contributed by atoms with Crippen LogP contribution in [0.4, 0.5) is 0 Å². The summed E-state index contributed by atoms with van der Waals surface area (Å²) in [7, 11) is -1.62. The molecule has 0 heterocycles. The summed E-state index contributed by atoms with van der Waals surface area (Å²) in [4.78, 5) is 13.3. The average Bonchev–Trinajstić information content (AvgIpc) is 2.72. The zero-order valence-electron chi connectivity index (χ0n) is 13.9. The first-order valence-corrected chi connectivity index (χ1v) is 9.78. The van der Waals surface area contributed by atoms with Crippen LogP contribution in [-0.4, -0.2) is 14.7 Å². The summed E-state index contributed by atoms with van der Waals surface area (Å²) in [5, 5.41) is 0. The Morgan fingerprint density at radius 1 is 0.769 bits per heavy atom. The third-order valence-corrected chi connectivity index (χ3v) is 5.89. The van der Waals surface area contributed by atoms with Crippen LogP contribution in [0.15, 0.2) is 102 Å². The molecule has 4 heteroatoms. The quantitative estimate of drug-likeness (QED) is 0.442. The van der Waals surface area contributed by atoms with Gasteiger partial charge in [0.2, 0.25) is 0 Å². The second kappa shape index (κ2) is 8.75.